The van der Waals surface area contributed by atoms with E-state index in [2.05, 4.69) is 41.5 Å². The number of carbonyl (C=O) groups is 2. The lowest BCUT2D eigenvalue weighted by Crippen LogP contribution is -2.50. The fourth-order valence-electron chi connectivity index (χ4n) is 5.60. The molecule has 1 aromatic heterocycles. The van der Waals surface area contributed by atoms with E-state index >= 15 is 0 Å². The van der Waals surface area contributed by atoms with Crippen molar-refractivity contribution in [2.24, 2.45) is 5.41 Å². The second kappa shape index (κ2) is 15.7. The van der Waals surface area contributed by atoms with Gasteiger partial charge in [0.1, 0.15) is 17.3 Å². The molecule has 0 spiro atoms. The average Bonchev–Trinajstić information content (AvgIpc) is 3.91. The summed E-state index contributed by atoms with van der Waals surface area (Å²) in [7, 11) is 0. The van der Waals surface area contributed by atoms with Crippen LogP contribution >= 0.6 is 11.6 Å². The van der Waals surface area contributed by atoms with Crippen LogP contribution in [0.3, 0.4) is 0 Å². The molecule has 1 atom stereocenters. The zero-order valence-electron chi connectivity index (χ0n) is 29.5. The van der Waals surface area contributed by atoms with Crippen LogP contribution in [0.5, 0.6) is 6.01 Å². The number of aliphatic hydroxyl groups excluding tert-OH is 1. The minimum Gasteiger partial charge on any atom is -0.454 e. The zero-order chi connectivity index (χ0) is 39.5. The fraction of sp³-hybridized carbons (Fsp3) is 0.324. The molecule has 1 heterocycles. The first-order valence-electron chi connectivity index (χ1n) is 17.0. The number of benzene rings is 3. The number of nitrogens with one attached hydrogen (secondary N) is 5. The number of nitrogens with zero attached hydrogens (tertiary/aromatic N) is 3. The van der Waals surface area contributed by atoms with E-state index in [4.69, 9.17) is 16.3 Å². The van der Waals surface area contributed by atoms with Crippen LogP contribution in [0.25, 0.3) is 0 Å². The van der Waals surface area contributed by atoms with Gasteiger partial charge in [-0.2, -0.15) is 28.1 Å². The molecule has 1 fully saturated rings. The van der Waals surface area contributed by atoms with Crippen LogP contribution in [-0.2, 0) is 16.9 Å². The zero-order valence-corrected chi connectivity index (χ0v) is 30.2. The Labute approximate surface area is 317 Å². The lowest BCUT2D eigenvalue weighted by atomic mass is 9.90. The van der Waals surface area contributed by atoms with Crippen molar-refractivity contribution in [3.63, 3.8) is 0 Å². The van der Waals surface area contributed by atoms with Gasteiger partial charge in [-0.15, -0.1) is 0 Å². The van der Waals surface area contributed by atoms with E-state index in [0.29, 0.717) is 16.3 Å². The minimum atomic E-state index is -4.62. The lowest BCUT2D eigenvalue weighted by Gasteiger charge is -2.33. The van der Waals surface area contributed by atoms with E-state index in [1.54, 1.807) is 24.3 Å². The van der Waals surface area contributed by atoms with Gasteiger partial charge in [-0.3, -0.25) is 9.59 Å². The first-order valence-corrected chi connectivity index (χ1v) is 17.4. The fourth-order valence-corrected chi connectivity index (χ4v) is 5.73. The summed E-state index contributed by atoms with van der Waals surface area (Å²) in [5, 5.41) is 25.6. The van der Waals surface area contributed by atoms with Gasteiger partial charge in [-0.25, -0.2) is 8.78 Å². The number of aliphatic hydroxyl groups is 1. The molecule has 6 rings (SSSR count). The van der Waals surface area contributed by atoms with Gasteiger partial charge in [0.05, 0.1) is 11.2 Å². The van der Waals surface area contributed by atoms with Gasteiger partial charge in [0.2, 0.25) is 17.7 Å². The number of ketones is 1. The number of anilines is 3. The topological polar surface area (TPSA) is 162 Å². The normalized spacial score (nSPS) is 16.2. The van der Waals surface area contributed by atoms with E-state index in [-0.39, 0.29) is 48.5 Å². The molecule has 2 aliphatic carbocycles. The molecule has 3 aromatic carbocycles. The maximum absolute atomic E-state index is 14.0. The first kappa shape index (κ1) is 39.2. The molecule has 12 nitrogen and oxygen atoms in total. The first-order chi connectivity index (χ1) is 26.0. The summed E-state index contributed by atoms with van der Waals surface area (Å²) in [4.78, 5) is 37.7. The Bertz CT molecular complexity index is 2090. The molecule has 0 radical (unpaired) electrons. The molecule has 1 saturated carbocycles. The van der Waals surface area contributed by atoms with Gasteiger partial charge in [0.15, 0.2) is 12.7 Å². The number of rotatable bonds is 16. The number of aromatic nitrogens is 3. The van der Waals surface area contributed by atoms with E-state index in [9.17, 15) is 36.6 Å². The Morgan fingerprint density at radius 2 is 1.64 bits per heavy atom. The summed E-state index contributed by atoms with van der Waals surface area (Å²) >= 11 is 6.03. The Morgan fingerprint density at radius 1 is 0.945 bits per heavy atom. The van der Waals surface area contributed by atoms with Gasteiger partial charge in [0, 0.05) is 47.5 Å². The SMILES string of the molecule is CC(C)(CNC(=O)c1ccc(Nc2nc(NC3(c4ccc(Cl)cc4)CC3)nc(OCC(F)(F)F)n2)cc1)CNC1=C(NCc2ccc(F)cc2F)C(=O)C1O. The molecular formula is C37H36ClF5N8O4. The van der Waals surface area contributed by atoms with Crippen molar-refractivity contribution in [2.75, 3.05) is 30.3 Å². The van der Waals surface area contributed by atoms with Crippen LogP contribution in [-0.4, -0.2) is 63.7 Å². The lowest BCUT2D eigenvalue weighted by molar-refractivity contribution is -0.154. The van der Waals surface area contributed by atoms with E-state index < -0.39 is 59.2 Å². The van der Waals surface area contributed by atoms with E-state index in [1.807, 2.05) is 26.0 Å². The molecule has 2 aliphatic rings. The van der Waals surface area contributed by atoms with Crippen molar-refractivity contribution in [1.29, 1.82) is 0 Å². The minimum absolute atomic E-state index is 0.00203. The molecule has 6 N–H and O–H groups in total. The van der Waals surface area contributed by atoms with Crippen LogP contribution in [0.2, 0.25) is 5.02 Å². The van der Waals surface area contributed by atoms with Crippen molar-refractivity contribution >= 4 is 40.9 Å². The van der Waals surface area contributed by atoms with E-state index in [1.165, 1.54) is 18.2 Å². The Kier molecular flexibility index (Phi) is 11.2. The number of Topliss-reactive ketones (excluding diaryl/α,β-unsaturated/α-hetero) is 1. The number of hydrogen-bond acceptors (Lipinski definition) is 11. The van der Waals surface area contributed by atoms with Gasteiger partial charge < -0.3 is 36.4 Å². The molecule has 0 aliphatic heterocycles. The van der Waals surface area contributed by atoms with Crippen molar-refractivity contribution in [3.8, 4) is 6.01 Å². The summed E-state index contributed by atoms with van der Waals surface area (Å²) < 4.78 is 71.0. The number of hydrogen-bond donors (Lipinski definition) is 6. The third-order valence-electron chi connectivity index (χ3n) is 8.87. The summed E-state index contributed by atoms with van der Waals surface area (Å²) in [5.41, 5.74) is 0.988. The van der Waals surface area contributed by atoms with Crippen LogP contribution in [0.4, 0.5) is 39.5 Å². The number of alkyl halides is 3. The van der Waals surface area contributed by atoms with Gasteiger partial charge in [-0.05, 0) is 66.3 Å². The summed E-state index contributed by atoms with van der Waals surface area (Å²) in [5.74, 6) is -2.56. The standard InChI is InChI=1S/C37H36ClF5N8O4/c1-35(2,17-45-28-27(29(52)30(28)53)44-16-21-3-10-24(39)15-26(21)40)18-46-31(54)20-4-11-25(12-5-20)47-32-48-33(50-34(49-32)55-19-37(41,42)43)51-36(13-14-36)22-6-8-23(38)9-7-22/h3-12,15,30,44-45,53H,13-14,16-19H2,1-2H3,(H,46,54)(H2,47,48,49,50,51). The van der Waals surface area contributed by atoms with Crippen LogP contribution in [0.15, 0.2) is 78.1 Å². The highest BCUT2D eigenvalue weighted by atomic mass is 35.5. The van der Waals surface area contributed by atoms with Gasteiger partial charge in [0.25, 0.3) is 5.91 Å². The second-order valence-electron chi connectivity index (χ2n) is 13.9. The highest BCUT2D eigenvalue weighted by Crippen LogP contribution is 2.48. The predicted molar refractivity (Wildman–Crippen MR) is 192 cm³/mol. The van der Waals surface area contributed by atoms with Gasteiger partial charge >= 0.3 is 12.2 Å². The van der Waals surface area contributed by atoms with Gasteiger partial charge in [-0.1, -0.05) is 43.6 Å². The smallest absolute Gasteiger partial charge is 0.422 e. The maximum atomic E-state index is 14.0. The Balaban J connectivity index is 1.05. The monoisotopic (exact) mass is 786 g/mol. The van der Waals surface area contributed by atoms with Crippen molar-refractivity contribution in [1.82, 2.24) is 30.9 Å². The van der Waals surface area contributed by atoms with Crippen LogP contribution in [0.1, 0.15) is 48.2 Å². The third-order valence-corrected chi connectivity index (χ3v) is 9.13. The molecule has 18 heteroatoms. The number of halogens is 6. The highest BCUT2D eigenvalue weighted by Gasteiger charge is 2.45. The Morgan fingerprint density at radius 3 is 2.29 bits per heavy atom. The van der Waals surface area contributed by atoms with Crippen LogP contribution < -0.4 is 31.3 Å². The molecular weight excluding hydrogens is 751 g/mol. The molecule has 290 valence electrons. The molecule has 1 amide bonds. The second-order valence-corrected chi connectivity index (χ2v) is 14.4. The maximum Gasteiger partial charge on any atom is 0.422 e. The number of ether oxygens (including phenoxy) is 1. The molecule has 0 saturated heterocycles. The average molecular weight is 787 g/mol. The largest absolute Gasteiger partial charge is 0.454 e. The van der Waals surface area contributed by atoms with Crippen molar-refractivity contribution in [3.05, 3.63) is 111 Å². The summed E-state index contributed by atoms with van der Waals surface area (Å²) in [6.07, 6.45) is -4.56. The summed E-state index contributed by atoms with van der Waals surface area (Å²) in [6.45, 7) is 2.44. The van der Waals surface area contributed by atoms with Crippen LogP contribution in [0, 0.1) is 17.0 Å². The Hall–Kier alpha value is -5.55. The molecule has 0 bridgehead atoms. The van der Waals surface area contributed by atoms with Crippen molar-refractivity contribution in [2.45, 2.75) is 51.1 Å². The highest BCUT2D eigenvalue weighted by molar-refractivity contribution is 6.30. The number of carbonyl (C=O) groups excluding carboxylic acids is 2. The third kappa shape index (κ3) is 9.96. The molecule has 1 unspecified atom stereocenters. The summed E-state index contributed by atoms with van der Waals surface area (Å²) in [6, 6.07) is 15.9. The molecule has 4 aromatic rings. The predicted octanol–water partition coefficient (Wildman–Crippen LogP) is 5.88. The van der Waals surface area contributed by atoms with E-state index in [0.717, 1.165) is 30.5 Å². The molecule has 55 heavy (non-hydrogen) atoms. The quantitative estimate of drug-likeness (QED) is 0.0753. The van der Waals surface area contributed by atoms with Crippen molar-refractivity contribution < 1.29 is 41.4 Å². The number of amides is 1.